The molecule has 1 aromatic carbocycles. The molecule has 0 fully saturated rings. The van der Waals surface area contributed by atoms with E-state index >= 15 is 0 Å². The summed E-state index contributed by atoms with van der Waals surface area (Å²) >= 11 is 6.15. The molecule has 0 radical (unpaired) electrons. The van der Waals surface area contributed by atoms with E-state index in [-0.39, 0.29) is 6.10 Å². The fourth-order valence-corrected chi connectivity index (χ4v) is 2.14. The Kier molecular flexibility index (Phi) is 3.92. The van der Waals surface area contributed by atoms with E-state index in [0.717, 1.165) is 11.1 Å². The fraction of sp³-hybridized carbons (Fsp3) is 0.538. The molecule has 94 valence electrons. The van der Waals surface area contributed by atoms with Crippen LogP contribution in [0.1, 0.15) is 37.5 Å². The summed E-state index contributed by atoms with van der Waals surface area (Å²) in [5.41, 5.74) is 1.80. The number of halogens is 1. The van der Waals surface area contributed by atoms with Crippen molar-refractivity contribution in [3.8, 4) is 5.75 Å². The molecule has 0 saturated heterocycles. The average molecular weight is 257 g/mol. The lowest BCUT2D eigenvalue weighted by molar-refractivity contribution is 0.0898. The third-order valence-corrected chi connectivity index (χ3v) is 3.00. The van der Waals surface area contributed by atoms with E-state index in [4.69, 9.17) is 21.1 Å². The summed E-state index contributed by atoms with van der Waals surface area (Å²) in [6, 6.07) is 3.65. The second kappa shape index (κ2) is 5.25. The van der Waals surface area contributed by atoms with Gasteiger partial charge in [-0.25, -0.2) is 0 Å². The molecule has 3 nitrogen and oxygen atoms in total. The van der Waals surface area contributed by atoms with Gasteiger partial charge in [-0.05, 0) is 37.1 Å². The molecule has 0 aromatic heterocycles. The summed E-state index contributed by atoms with van der Waals surface area (Å²) in [4.78, 5) is 0. The molecule has 1 atom stereocenters. The molecule has 1 heterocycles. The Morgan fingerprint density at radius 3 is 2.94 bits per heavy atom. The van der Waals surface area contributed by atoms with E-state index in [1.54, 1.807) is 6.07 Å². The first-order valence-electron chi connectivity index (χ1n) is 5.82. The number of fused-ring (bicyclic) bond motifs is 1. The molecular formula is C13H17ClO3. The minimum absolute atomic E-state index is 0.0715. The van der Waals surface area contributed by atoms with Crippen LogP contribution in [0.15, 0.2) is 12.1 Å². The Bertz CT molecular complexity index is 404. The van der Waals surface area contributed by atoms with Crippen molar-refractivity contribution in [3.63, 3.8) is 0 Å². The molecule has 0 saturated carbocycles. The third kappa shape index (κ3) is 2.92. The van der Waals surface area contributed by atoms with Crippen LogP contribution in [-0.2, 0) is 11.3 Å². The molecule has 0 spiro atoms. The largest absolute Gasteiger partial charge is 0.489 e. The van der Waals surface area contributed by atoms with Gasteiger partial charge in [-0.15, -0.1) is 0 Å². The zero-order valence-electron chi connectivity index (χ0n) is 10.1. The van der Waals surface area contributed by atoms with Crippen LogP contribution in [0, 0.1) is 0 Å². The molecule has 1 aliphatic rings. The Labute approximate surface area is 106 Å². The predicted molar refractivity (Wildman–Crippen MR) is 66.4 cm³/mol. The minimum Gasteiger partial charge on any atom is -0.489 e. The molecule has 17 heavy (non-hydrogen) atoms. The van der Waals surface area contributed by atoms with Crippen LogP contribution < -0.4 is 4.74 Å². The van der Waals surface area contributed by atoms with Gasteiger partial charge in [0.05, 0.1) is 23.8 Å². The molecule has 2 rings (SSSR count). The van der Waals surface area contributed by atoms with Gasteiger partial charge in [-0.2, -0.15) is 0 Å². The zero-order chi connectivity index (χ0) is 12.4. The maximum atomic E-state index is 9.96. The maximum Gasteiger partial charge on any atom is 0.138 e. The second-order valence-corrected chi connectivity index (χ2v) is 4.91. The van der Waals surface area contributed by atoms with Crippen molar-refractivity contribution in [1.29, 1.82) is 0 Å². The molecule has 1 unspecified atom stereocenters. The number of ether oxygens (including phenoxy) is 2. The van der Waals surface area contributed by atoms with Gasteiger partial charge in [-0.3, -0.25) is 0 Å². The molecule has 1 aromatic rings. The number of hydrogen-bond donors (Lipinski definition) is 1. The maximum absolute atomic E-state index is 9.96. The topological polar surface area (TPSA) is 38.7 Å². The molecule has 0 aliphatic carbocycles. The van der Waals surface area contributed by atoms with Gasteiger partial charge in [0.25, 0.3) is 0 Å². The van der Waals surface area contributed by atoms with Crippen molar-refractivity contribution in [1.82, 2.24) is 0 Å². The highest BCUT2D eigenvalue weighted by Gasteiger charge is 2.19. The smallest absolute Gasteiger partial charge is 0.138 e. The Morgan fingerprint density at radius 1 is 1.47 bits per heavy atom. The lowest BCUT2D eigenvalue weighted by atomic mass is 10.0. The monoisotopic (exact) mass is 256 g/mol. The SMILES string of the molecule is CC(C)Oc1cc2c(cc1Cl)C(O)CCOC2. The highest BCUT2D eigenvalue weighted by Crippen LogP contribution is 2.34. The standard InChI is InChI=1S/C13H17ClO3/c1-8(2)17-13-5-9-7-16-4-3-12(15)10(9)6-11(13)14/h5-6,8,12,15H,3-4,7H2,1-2H3. The lowest BCUT2D eigenvalue weighted by Gasteiger charge is -2.16. The van der Waals surface area contributed by atoms with Gasteiger partial charge in [0, 0.05) is 13.0 Å². The van der Waals surface area contributed by atoms with E-state index in [1.807, 2.05) is 19.9 Å². The number of rotatable bonds is 2. The zero-order valence-corrected chi connectivity index (χ0v) is 10.8. The number of aliphatic hydroxyl groups excluding tert-OH is 1. The van der Waals surface area contributed by atoms with Crippen LogP contribution in [0.2, 0.25) is 5.02 Å². The fourth-order valence-electron chi connectivity index (χ4n) is 1.92. The number of aliphatic hydroxyl groups is 1. The van der Waals surface area contributed by atoms with Gasteiger partial charge < -0.3 is 14.6 Å². The van der Waals surface area contributed by atoms with Crippen LogP contribution in [0.25, 0.3) is 0 Å². The van der Waals surface area contributed by atoms with Gasteiger partial charge in [-0.1, -0.05) is 11.6 Å². The quantitative estimate of drug-likeness (QED) is 0.884. The first-order valence-corrected chi connectivity index (χ1v) is 6.20. The summed E-state index contributed by atoms with van der Waals surface area (Å²) in [6.45, 7) is 4.96. The van der Waals surface area contributed by atoms with E-state index in [0.29, 0.717) is 30.4 Å². The van der Waals surface area contributed by atoms with Crippen molar-refractivity contribution < 1.29 is 14.6 Å². The van der Waals surface area contributed by atoms with Gasteiger partial charge in [0.2, 0.25) is 0 Å². The third-order valence-electron chi connectivity index (χ3n) is 2.71. The van der Waals surface area contributed by atoms with Crippen molar-refractivity contribution in [3.05, 3.63) is 28.3 Å². The van der Waals surface area contributed by atoms with Crippen molar-refractivity contribution in [2.24, 2.45) is 0 Å². The summed E-state index contributed by atoms with van der Waals surface area (Å²) < 4.78 is 11.1. The summed E-state index contributed by atoms with van der Waals surface area (Å²) in [6.07, 6.45) is 0.175. The van der Waals surface area contributed by atoms with E-state index in [2.05, 4.69) is 0 Å². The summed E-state index contributed by atoms with van der Waals surface area (Å²) in [7, 11) is 0. The Morgan fingerprint density at radius 2 is 2.24 bits per heavy atom. The van der Waals surface area contributed by atoms with Crippen molar-refractivity contribution in [2.45, 2.75) is 39.1 Å². The van der Waals surface area contributed by atoms with Gasteiger partial charge >= 0.3 is 0 Å². The Hall–Kier alpha value is -0.770. The number of benzene rings is 1. The first-order chi connectivity index (χ1) is 8.08. The van der Waals surface area contributed by atoms with Crippen molar-refractivity contribution >= 4 is 11.6 Å². The van der Waals surface area contributed by atoms with Crippen LogP contribution >= 0.6 is 11.6 Å². The van der Waals surface area contributed by atoms with Gasteiger partial charge in [0.15, 0.2) is 0 Å². The molecule has 1 N–H and O–H groups in total. The van der Waals surface area contributed by atoms with Crippen LogP contribution in [-0.4, -0.2) is 17.8 Å². The van der Waals surface area contributed by atoms with Crippen LogP contribution in [0.5, 0.6) is 5.75 Å². The molecule has 1 aliphatic heterocycles. The highest BCUT2D eigenvalue weighted by atomic mass is 35.5. The normalized spacial score (nSPS) is 19.9. The van der Waals surface area contributed by atoms with Crippen molar-refractivity contribution in [2.75, 3.05) is 6.61 Å². The minimum atomic E-state index is -0.502. The summed E-state index contributed by atoms with van der Waals surface area (Å²) in [5, 5.41) is 10.5. The predicted octanol–water partition coefficient (Wildman–Crippen LogP) is 3.08. The van der Waals surface area contributed by atoms with Gasteiger partial charge in [0.1, 0.15) is 5.75 Å². The van der Waals surface area contributed by atoms with Crippen LogP contribution in [0.4, 0.5) is 0 Å². The van der Waals surface area contributed by atoms with E-state index in [1.165, 1.54) is 0 Å². The average Bonchev–Trinajstić information content (AvgIpc) is 2.42. The highest BCUT2D eigenvalue weighted by molar-refractivity contribution is 6.32. The first kappa shape index (κ1) is 12.7. The molecule has 0 bridgehead atoms. The van der Waals surface area contributed by atoms with Crippen LogP contribution in [0.3, 0.4) is 0 Å². The second-order valence-electron chi connectivity index (χ2n) is 4.51. The van der Waals surface area contributed by atoms with E-state index < -0.39 is 6.10 Å². The lowest BCUT2D eigenvalue weighted by Crippen LogP contribution is -2.07. The summed E-state index contributed by atoms with van der Waals surface area (Å²) in [5.74, 6) is 0.651. The number of hydrogen-bond acceptors (Lipinski definition) is 3. The Balaban J connectivity index is 2.37. The molecule has 4 heteroatoms. The molecular weight excluding hydrogens is 240 g/mol. The van der Waals surface area contributed by atoms with E-state index in [9.17, 15) is 5.11 Å². The molecule has 0 amide bonds.